The van der Waals surface area contributed by atoms with Gasteiger partial charge >= 0.3 is 19.5 Å². The Morgan fingerprint density at radius 2 is 1.72 bits per heavy atom. The van der Waals surface area contributed by atoms with Crippen molar-refractivity contribution in [3.05, 3.63) is 71.2 Å². The minimum Gasteiger partial charge on any atom is -0.664 e. The van der Waals surface area contributed by atoms with Gasteiger partial charge in [-0.05, 0) is 62.8 Å². The van der Waals surface area contributed by atoms with Crippen molar-refractivity contribution in [3.63, 3.8) is 0 Å². The quantitative estimate of drug-likeness (QED) is 0.366. The zero-order chi connectivity index (χ0) is 26.0. The molecule has 1 fully saturated rings. The van der Waals surface area contributed by atoms with Gasteiger partial charge in [-0.3, -0.25) is 4.98 Å². The molecule has 207 valence electrons. The first-order chi connectivity index (χ1) is 16.1. The summed E-state index contributed by atoms with van der Waals surface area (Å²) < 4.78 is 0. The van der Waals surface area contributed by atoms with Crippen LogP contribution in [0.1, 0.15) is 66.9 Å². The molecule has 1 unspecified atom stereocenters. The van der Waals surface area contributed by atoms with E-state index in [-0.39, 0.29) is 43.8 Å². The molecule has 7 heteroatoms. The Bertz CT molecular complexity index is 731. The van der Waals surface area contributed by atoms with Crippen LogP contribution in [-0.4, -0.2) is 78.4 Å². The molecule has 0 spiro atoms. The van der Waals surface area contributed by atoms with E-state index in [2.05, 4.69) is 80.9 Å². The van der Waals surface area contributed by atoms with Crippen molar-refractivity contribution < 1.29 is 29.7 Å². The second kappa shape index (κ2) is 22.7. The van der Waals surface area contributed by atoms with Gasteiger partial charge in [-0.25, -0.2) is 0 Å². The molecular formula is C29H53N4O2Ru+2. The fourth-order valence-corrected chi connectivity index (χ4v) is 2.98. The van der Waals surface area contributed by atoms with Gasteiger partial charge in [-0.15, -0.1) is 6.54 Å². The van der Waals surface area contributed by atoms with Crippen molar-refractivity contribution in [3.8, 4) is 0 Å². The summed E-state index contributed by atoms with van der Waals surface area (Å²) in [5.74, 6) is -0.0139. The van der Waals surface area contributed by atoms with E-state index >= 15 is 0 Å². The third-order valence-electron chi connectivity index (χ3n) is 5.32. The van der Waals surface area contributed by atoms with E-state index in [0.717, 1.165) is 19.1 Å². The minimum atomic E-state index is -0.0417. The van der Waals surface area contributed by atoms with E-state index in [1.807, 2.05) is 19.4 Å². The number of likely N-dealkylation sites (tertiary alicyclic amines) is 1. The molecule has 36 heavy (non-hydrogen) atoms. The molecule has 2 aliphatic rings. The van der Waals surface area contributed by atoms with E-state index < -0.39 is 0 Å². The maximum atomic E-state index is 8.88. The van der Waals surface area contributed by atoms with Gasteiger partial charge in [0.15, 0.2) is 5.76 Å². The number of rotatable bonds is 5. The number of aromatic nitrogens is 1. The van der Waals surface area contributed by atoms with Crippen LogP contribution in [0, 0.1) is 0 Å². The molecule has 1 saturated heterocycles. The van der Waals surface area contributed by atoms with Gasteiger partial charge in [0.2, 0.25) is 0 Å². The number of aliphatic hydroxyl groups excluding tert-OH is 2. The Morgan fingerprint density at radius 3 is 2.14 bits per heavy atom. The zero-order valence-electron chi connectivity index (χ0n) is 23.2. The topological polar surface area (TPSA) is 73.9 Å². The van der Waals surface area contributed by atoms with Crippen molar-refractivity contribution in [2.24, 2.45) is 0 Å². The Hall–Kier alpha value is -1.53. The monoisotopic (exact) mass is 591 g/mol. The Kier molecular flexibility index (Phi) is 24.5. The van der Waals surface area contributed by atoms with Gasteiger partial charge in [-0.2, -0.15) is 7.05 Å². The van der Waals surface area contributed by atoms with Crippen molar-refractivity contribution in [1.29, 1.82) is 0 Å². The first-order valence-electron chi connectivity index (χ1n) is 12.4. The maximum absolute atomic E-state index is 8.88. The summed E-state index contributed by atoms with van der Waals surface area (Å²) in [6, 6.07) is 4.91. The van der Waals surface area contributed by atoms with Crippen LogP contribution >= 0.6 is 0 Å². The number of likely N-dealkylation sites (N-methyl/N-ethyl adjacent to an activating group) is 3. The van der Waals surface area contributed by atoms with E-state index in [0.29, 0.717) is 6.42 Å². The molecule has 1 aromatic heterocycles. The van der Waals surface area contributed by atoms with Crippen molar-refractivity contribution >= 4 is 0 Å². The molecule has 1 aromatic rings. The maximum Gasteiger partial charge on any atom is 3.00 e. The fourth-order valence-electron chi connectivity index (χ4n) is 2.98. The van der Waals surface area contributed by atoms with Gasteiger partial charge in [0, 0.05) is 31.4 Å². The van der Waals surface area contributed by atoms with Crippen LogP contribution in [0.3, 0.4) is 0 Å². The van der Waals surface area contributed by atoms with Crippen molar-refractivity contribution in [1.82, 2.24) is 14.8 Å². The summed E-state index contributed by atoms with van der Waals surface area (Å²) in [6.07, 6.45) is 13.4. The SMILES string of the molecule is C.CC(C)(C)c1ccncc1.CCC.C[N-]CCN(C)CC1CCN1C.OC1=C(O)CC=CC=C1.[Ru+3]. The van der Waals surface area contributed by atoms with Gasteiger partial charge in [0.1, 0.15) is 5.76 Å². The first-order valence-corrected chi connectivity index (χ1v) is 12.4. The van der Waals surface area contributed by atoms with Gasteiger partial charge in [0.25, 0.3) is 0 Å². The third kappa shape index (κ3) is 18.7. The fraction of sp³-hybridized carbons (Fsp3) is 0.621. The molecule has 0 saturated carbocycles. The molecule has 0 bridgehead atoms. The van der Waals surface area contributed by atoms with Crippen molar-refractivity contribution in [2.75, 3.05) is 47.3 Å². The molecule has 1 aliphatic carbocycles. The van der Waals surface area contributed by atoms with Crippen LogP contribution in [0.25, 0.3) is 5.32 Å². The second-order valence-electron chi connectivity index (χ2n) is 9.74. The molecule has 2 N–H and O–H groups in total. The normalized spacial score (nSPS) is 16.4. The molecule has 0 aromatic carbocycles. The van der Waals surface area contributed by atoms with E-state index in [1.165, 1.54) is 37.6 Å². The van der Waals surface area contributed by atoms with Crippen LogP contribution in [0.15, 0.2) is 60.3 Å². The number of pyridine rings is 1. The Morgan fingerprint density at radius 1 is 1.14 bits per heavy atom. The molecule has 6 nitrogen and oxygen atoms in total. The predicted octanol–water partition coefficient (Wildman–Crippen LogP) is 6.88. The van der Waals surface area contributed by atoms with Crippen LogP contribution in [0.4, 0.5) is 0 Å². The summed E-state index contributed by atoms with van der Waals surface area (Å²) in [7, 11) is 6.26. The average Bonchev–Trinajstić information content (AvgIpc) is 2.99. The third-order valence-corrected chi connectivity index (χ3v) is 5.32. The predicted molar refractivity (Wildman–Crippen MR) is 153 cm³/mol. The molecule has 1 radical (unpaired) electrons. The molecular weight excluding hydrogens is 537 g/mol. The molecule has 3 rings (SSSR count). The van der Waals surface area contributed by atoms with Gasteiger partial charge < -0.3 is 25.3 Å². The molecule has 0 amide bonds. The van der Waals surface area contributed by atoms with Crippen molar-refractivity contribution in [2.45, 2.75) is 72.8 Å². The molecule has 1 atom stereocenters. The molecule has 1 aliphatic heterocycles. The largest absolute Gasteiger partial charge is 3.00 e. The van der Waals surface area contributed by atoms with Crippen LogP contribution < -0.4 is 0 Å². The average molecular weight is 591 g/mol. The number of aliphatic hydroxyl groups is 2. The van der Waals surface area contributed by atoms with Crippen LogP contribution in [-0.2, 0) is 24.9 Å². The van der Waals surface area contributed by atoms with Crippen LogP contribution in [0.5, 0.6) is 0 Å². The molecule has 2 heterocycles. The van der Waals surface area contributed by atoms with E-state index in [4.69, 9.17) is 10.2 Å². The number of allylic oxidation sites excluding steroid dienone is 4. The first kappa shape index (κ1) is 39.0. The Labute approximate surface area is 235 Å². The Balaban J connectivity index is -0.000000422. The second-order valence-corrected chi connectivity index (χ2v) is 9.74. The van der Waals surface area contributed by atoms with E-state index in [9.17, 15) is 0 Å². The number of hydrogen-bond donors (Lipinski definition) is 2. The number of nitrogens with zero attached hydrogens (tertiary/aromatic N) is 4. The standard InChI is InChI=1S/C9H20N3.C9H13N.C7H8O2.C3H8.CH4.Ru/c1-10-5-7-11(2)8-9-4-6-12(9)3;1-9(2,3)8-4-6-10-7-5-8;8-6-4-2-1-3-5-7(6)9;1-3-2;;/h9H,4-8H2,1-3H3;4-7H,1-3H3;1-4,8-9H,5H2;3H2,1-2H3;1H4;/q-1;;;;;+3. The summed E-state index contributed by atoms with van der Waals surface area (Å²) in [4.78, 5) is 8.74. The minimum absolute atomic E-state index is 0. The number of hydrogen-bond acceptors (Lipinski definition) is 5. The van der Waals surface area contributed by atoms with E-state index in [1.54, 1.807) is 18.2 Å². The summed E-state index contributed by atoms with van der Waals surface area (Å²) in [5, 5.41) is 21.8. The summed E-state index contributed by atoms with van der Waals surface area (Å²) in [6.45, 7) is 15.4. The zero-order valence-corrected chi connectivity index (χ0v) is 24.9. The van der Waals surface area contributed by atoms with Crippen LogP contribution in [0.2, 0.25) is 0 Å². The summed E-state index contributed by atoms with van der Waals surface area (Å²) in [5.41, 5.74) is 1.59. The van der Waals surface area contributed by atoms with Gasteiger partial charge in [-0.1, -0.05) is 66.7 Å². The smallest absolute Gasteiger partial charge is 0.664 e. The summed E-state index contributed by atoms with van der Waals surface area (Å²) >= 11 is 0. The van der Waals surface area contributed by atoms with Gasteiger partial charge in [0.05, 0.1) is 0 Å².